The number of halogens is 3. The highest BCUT2D eigenvalue weighted by atomic mass is 35.5. The Bertz CT molecular complexity index is 2870. The van der Waals surface area contributed by atoms with Crippen molar-refractivity contribution in [3.8, 4) is 11.5 Å². The summed E-state index contributed by atoms with van der Waals surface area (Å²) in [5, 5.41) is 9.48. The smallest absolute Gasteiger partial charge is 0.476 e. The average molecular weight is 1310 g/mol. The van der Waals surface area contributed by atoms with Crippen LogP contribution in [0.2, 0.25) is 10.0 Å². The number of amides is 3. The predicted molar refractivity (Wildman–Crippen MR) is 346 cm³/mol. The number of nitrogens with two attached hydrogens (primary N) is 1. The molecule has 0 heterocycles. The number of alkyl carbamates (subject to hydrolysis) is 1. The van der Waals surface area contributed by atoms with Gasteiger partial charge in [0.15, 0.2) is 11.2 Å². The quantitative estimate of drug-likeness (QED) is 0.0273. The Morgan fingerprint density at radius 2 is 0.809 bits per heavy atom. The molecular formula is C66H95Cl3N4O16. The minimum Gasteiger partial charge on any atom is -0.476 e. The molecule has 0 aliphatic carbocycles. The Morgan fingerprint density at radius 1 is 0.472 bits per heavy atom. The van der Waals surface area contributed by atoms with Gasteiger partial charge in [-0.25, -0.2) is 24.0 Å². The molecule has 4 unspecified atom stereocenters. The summed E-state index contributed by atoms with van der Waals surface area (Å²) in [6.45, 7) is 30.6. The molecule has 4 aromatic rings. The molecule has 23 heteroatoms. The van der Waals surface area contributed by atoms with Crippen molar-refractivity contribution in [2.24, 2.45) is 28.4 Å². The molecule has 0 bridgehead atoms. The fourth-order valence-electron chi connectivity index (χ4n) is 7.33. The van der Waals surface area contributed by atoms with Crippen molar-refractivity contribution in [3.05, 3.63) is 129 Å². The number of carbonyl (C=O) groups is 7. The Hall–Kier alpha value is -7.00. The van der Waals surface area contributed by atoms with Gasteiger partial charge < -0.3 is 64.3 Å². The molecule has 0 aliphatic rings. The van der Waals surface area contributed by atoms with Crippen molar-refractivity contribution >= 4 is 77.8 Å². The van der Waals surface area contributed by atoms with Crippen molar-refractivity contribution in [1.29, 1.82) is 0 Å². The van der Waals surface area contributed by atoms with Crippen LogP contribution < -0.4 is 31.2 Å². The third-order valence-corrected chi connectivity index (χ3v) is 13.1. The van der Waals surface area contributed by atoms with E-state index in [4.69, 9.17) is 71.6 Å². The Labute approximate surface area is 542 Å². The standard InChI is InChI=1S/C35H49ClN2O9.C30H41ClN2O7.CH4.ClH/c1-22(2)29(45-32(42)43-27(33(3,4)5)21-38-31(41)47-34(6,7)8)44-30(40)35(9,10)46-26-17-11-23(12-18-26)19-20-37-28(39)24-13-15-25(36)16-14-24;1-19(2)26(39-28(36)37-24(18-32)29(3,4)5)38-27(35)30(6,7)40-23-14-8-20(9-15-23)16-17-33-25(34)21-10-12-22(31)13-11-21;;/h11-18,22,27,29H,19-21H2,1-10H3,(H,37,39)(H,38,41);8-15,19,24,26H,16-18,32H2,1-7H3,(H,33,34);1H4;1H. The van der Waals surface area contributed by atoms with E-state index >= 15 is 0 Å². The number of rotatable bonds is 25. The van der Waals surface area contributed by atoms with Crippen LogP contribution in [0.3, 0.4) is 0 Å². The number of nitrogens with one attached hydrogen (secondary N) is 3. The van der Waals surface area contributed by atoms with Crippen LogP contribution in [-0.4, -0.2) is 110 Å². The predicted octanol–water partition coefficient (Wildman–Crippen LogP) is 13.7. The molecule has 0 aliphatic heterocycles. The fourth-order valence-corrected chi connectivity index (χ4v) is 7.58. The number of esters is 2. The van der Waals surface area contributed by atoms with Gasteiger partial charge in [0.1, 0.15) is 29.3 Å². The minimum absolute atomic E-state index is 0. The lowest BCUT2D eigenvalue weighted by Crippen LogP contribution is -2.45. The summed E-state index contributed by atoms with van der Waals surface area (Å²) in [5.74, 6) is -1.70. The Kier molecular flexibility index (Phi) is 32.4. The van der Waals surface area contributed by atoms with Gasteiger partial charge in [0.25, 0.3) is 24.4 Å². The largest absolute Gasteiger partial charge is 0.511 e. The highest BCUT2D eigenvalue weighted by Crippen LogP contribution is 2.28. The first-order valence-electron chi connectivity index (χ1n) is 28.8. The summed E-state index contributed by atoms with van der Waals surface area (Å²) in [7, 11) is 0. The zero-order valence-corrected chi connectivity index (χ0v) is 56.0. The van der Waals surface area contributed by atoms with E-state index in [0.29, 0.717) is 58.6 Å². The number of hydrogen-bond donors (Lipinski definition) is 4. The van der Waals surface area contributed by atoms with Crippen LogP contribution in [0.4, 0.5) is 14.4 Å². The second kappa shape index (κ2) is 36.0. The van der Waals surface area contributed by atoms with Gasteiger partial charge in [-0.3, -0.25) is 9.59 Å². The molecule has 4 rings (SSSR count). The van der Waals surface area contributed by atoms with Crippen LogP contribution in [0.15, 0.2) is 97.1 Å². The van der Waals surface area contributed by atoms with Crippen LogP contribution in [0.25, 0.3) is 0 Å². The van der Waals surface area contributed by atoms with E-state index in [0.717, 1.165) is 11.1 Å². The van der Waals surface area contributed by atoms with Crippen LogP contribution in [0.1, 0.15) is 157 Å². The summed E-state index contributed by atoms with van der Waals surface area (Å²) in [6.07, 6.45) is -5.24. The number of hydrogen-bond acceptors (Lipinski definition) is 17. The van der Waals surface area contributed by atoms with E-state index in [1.165, 1.54) is 0 Å². The van der Waals surface area contributed by atoms with Crippen molar-refractivity contribution in [2.45, 2.75) is 180 Å². The van der Waals surface area contributed by atoms with Gasteiger partial charge in [0.2, 0.25) is 0 Å². The monoisotopic (exact) mass is 1300 g/mol. The second-order valence-corrected chi connectivity index (χ2v) is 26.2. The summed E-state index contributed by atoms with van der Waals surface area (Å²) in [6, 6.07) is 27.6. The van der Waals surface area contributed by atoms with Crippen molar-refractivity contribution in [1.82, 2.24) is 16.0 Å². The van der Waals surface area contributed by atoms with Crippen molar-refractivity contribution < 1.29 is 76.2 Å². The van der Waals surface area contributed by atoms with Crippen LogP contribution in [0, 0.1) is 22.7 Å². The number of carbonyl (C=O) groups excluding carboxylic acids is 7. The lowest BCUT2D eigenvalue weighted by Gasteiger charge is -2.32. The first kappa shape index (κ1) is 80.0. The zero-order valence-electron chi connectivity index (χ0n) is 53.7. The topological polar surface area (TPSA) is 265 Å². The first-order valence-corrected chi connectivity index (χ1v) is 29.5. The van der Waals surface area contributed by atoms with Gasteiger partial charge >= 0.3 is 30.3 Å². The second-order valence-electron chi connectivity index (χ2n) is 25.4. The van der Waals surface area contributed by atoms with E-state index in [2.05, 4.69) is 16.0 Å². The lowest BCUT2D eigenvalue weighted by molar-refractivity contribution is -0.196. The molecule has 496 valence electrons. The molecular weight excluding hydrogens is 1210 g/mol. The highest BCUT2D eigenvalue weighted by Gasteiger charge is 2.39. The van der Waals surface area contributed by atoms with Crippen LogP contribution in [-0.2, 0) is 55.6 Å². The SMILES string of the molecule is C.CC(C)C(OC(=O)OC(CN)C(C)(C)C)OC(=O)C(C)(C)Oc1ccc(CCNC(=O)c2ccc(Cl)cc2)cc1.CC(C)C(OC(=O)OC(CNC(=O)OC(C)(C)C)C(C)(C)C)OC(=O)C(C)(C)Oc1ccc(CCNC(=O)c2ccc(Cl)cc2)cc1.Cl. The summed E-state index contributed by atoms with van der Waals surface area (Å²) in [4.78, 5) is 88.0. The van der Waals surface area contributed by atoms with E-state index in [1.54, 1.807) is 149 Å². The highest BCUT2D eigenvalue weighted by molar-refractivity contribution is 6.31. The molecule has 0 fully saturated rings. The van der Waals surface area contributed by atoms with Gasteiger partial charge in [0, 0.05) is 63.5 Å². The van der Waals surface area contributed by atoms with E-state index in [9.17, 15) is 33.6 Å². The van der Waals surface area contributed by atoms with E-state index < -0.39 is 83.3 Å². The molecule has 0 saturated heterocycles. The lowest BCUT2D eigenvalue weighted by atomic mass is 9.89. The van der Waals surface area contributed by atoms with Crippen LogP contribution >= 0.6 is 35.6 Å². The maximum Gasteiger partial charge on any atom is 0.511 e. The molecule has 4 aromatic carbocycles. The maximum absolute atomic E-state index is 13.2. The summed E-state index contributed by atoms with van der Waals surface area (Å²) < 4.78 is 49.7. The van der Waals surface area contributed by atoms with Crippen LogP contribution in [0.5, 0.6) is 11.5 Å². The van der Waals surface area contributed by atoms with Crippen molar-refractivity contribution in [2.75, 3.05) is 26.2 Å². The Morgan fingerprint density at radius 3 is 1.11 bits per heavy atom. The van der Waals surface area contributed by atoms with E-state index in [-0.39, 0.29) is 56.1 Å². The fraction of sp³-hybridized carbons (Fsp3) is 0.530. The molecule has 5 N–H and O–H groups in total. The molecule has 0 spiro atoms. The van der Waals surface area contributed by atoms with E-state index in [1.807, 2.05) is 65.8 Å². The minimum atomic E-state index is -1.43. The van der Waals surface area contributed by atoms with Gasteiger partial charge in [-0.1, -0.05) is 124 Å². The molecule has 0 radical (unpaired) electrons. The summed E-state index contributed by atoms with van der Waals surface area (Å²) >= 11 is 11.7. The molecule has 0 aromatic heterocycles. The number of benzene rings is 4. The van der Waals surface area contributed by atoms with Gasteiger partial charge in [-0.2, -0.15) is 0 Å². The first-order chi connectivity index (χ1) is 40.3. The summed E-state index contributed by atoms with van der Waals surface area (Å²) in [5.41, 5.74) is 4.28. The Balaban J connectivity index is 0.000000881. The maximum atomic E-state index is 13.2. The van der Waals surface area contributed by atoms with Crippen molar-refractivity contribution in [3.63, 3.8) is 0 Å². The van der Waals surface area contributed by atoms with Gasteiger partial charge in [0.05, 0.1) is 6.54 Å². The third kappa shape index (κ3) is 29.5. The van der Waals surface area contributed by atoms with Gasteiger partial charge in [-0.15, -0.1) is 12.4 Å². The molecule has 89 heavy (non-hydrogen) atoms. The normalized spacial score (nSPS) is 12.9. The molecule has 3 amide bonds. The molecule has 4 atom stereocenters. The third-order valence-electron chi connectivity index (χ3n) is 12.6. The number of ether oxygens (including phenoxy) is 9. The van der Waals surface area contributed by atoms with Gasteiger partial charge in [-0.05, 0) is 145 Å². The molecule has 0 saturated carbocycles. The molecule has 20 nitrogen and oxygen atoms in total. The zero-order chi connectivity index (χ0) is 65.7. The average Bonchev–Trinajstić information content (AvgIpc) is 2.91.